The number of aromatic nitrogens is 2. The third-order valence-corrected chi connectivity index (χ3v) is 2.83. The van der Waals surface area contributed by atoms with Crippen molar-refractivity contribution in [1.82, 2.24) is 9.55 Å². The van der Waals surface area contributed by atoms with Gasteiger partial charge in [-0.2, -0.15) is 0 Å². The summed E-state index contributed by atoms with van der Waals surface area (Å²) in [6.07, 6.45) is 3.48. The summed E-state index contributed by atoms with van der Waals surface area (Å²) in [6, 6.07) is 3.71. The first-order chi connectivity index (χ1) is 8.65. The highest BCUT2D eigenvalue weighted by atomic mass is 19.1. The number of nitrogens with zero attached hydrogens (tertiary/aromatic N) is 2. The van der Waals surface area contributed by atoms with E-state index in [-0.39, 0.29) is 11.3 Å². The van der Waals surface area contributed by atoms with Crippen LogP contribution in [0.25, 0.3) is 11.3 Å². The Labute approximate surface area is 104 Å². The Bertz CT molecular complexity index is 529. The van der Waals surface area contributed by atoms with Crippen molar-refractivity contribution < 1.29 is 8.78 Å². The molecular formula is C13H15F2N3. The van der Waals surface area contributed by atoms with Crippen molar-refractivity contribution in [2.45, 2.75) is 26.3 Å². The molecule has 1 aromatic carbocycles. The molecule has 0 radical (unpaired) electrons. The van der Waals surface area contributed by atoms with Crippen molar-refractivity contribution in [2.75, 3.05) is 5.73 Å². The lowest BCUT2D eigenvalue weighted by Gasteiger charge is -2.06. The molecule has 0 aliphatic heterocycles. The van der Waals surface area contributed by atoms with E-state index in [1.54, 1.807) is 4.57 Å². The van der Waals surface area contributed by atoms with E-state index in [1.165, 1.54) is 24.5 Å². The minimum atomic E-state index is -0.651. The zero-order valence-corrected chi connectivity index (χ0v) is 10.2. The Morgan fingerprint density at radius 2 is 1.94 bits per heavy atom. The quantitative estimate of drug-likeness (QED) is 0.906. The van der Waals surface area contributed by atoms with E-state index < -0.39 is 11.6 Å². The number of halogens is 2. The first-order valence-electron chi connectivity index (χ1n) is 5.90. The van der Waals surface area contributed by atoms with Gasteiger partial charge in [-0.25, -0.2) is 13.8 Å². The number of imidazole rings is 1. The van der Waals surface area contributed by atoms with Gasteiger partial charge in [0.2, 0.25) is 0 Å². The smallest absolute Gasteiger partial charge is 0.135 e. The largest absolute Gasteiger partial charge is 0.383 e. The van der Waals surface area contributed by atoms with E-state index in [2.05, 4.69) is 11.9 Å². The third-order valence-electron chi connectivity index (χ3n) is 2.83. The van der Waals surface area contributed by atoms with Crippen molar-refractivity contribution in [2.24, 2.45) is 0 Å². The normalized spacial score (nSPS) is 10.8. The molecule has 2 rings (SSSR count). The van der Waals surface area contributed by atoms with E-state index in [0.29, 0.717) is 12.4 Å². The molecule has 0 amide bonds. The zero-order valence-electron chi connectivity index (χ0n) is 10.2. The Morgan fingerprint density at radius 3 is 2.56 bits per heavy atom. The van der Waals surface area contributed by atoms with Crippen molar-refractivity contribution in [3.8, 4) is 11.3 Å². The molecule has 0 unspecified atom stereocenters. The van der Waals surface area contributed by atoms with Gasteiger partial charge in [-0.05, 0) is 18.6 Å². The van der Waals surface area contributed by atoms with Gasteiger partial charge in [-0.1, -0.05) is 19.4 Å². The van der Waals surface area contributed by atoms with Gasteiger partial charge < -0.3 is 10.3 Å². The number of benzene rings is 1. The van der Waals surface area contributed by atoms with Crippen molar-refractivity contribution >= 4 is 5.82 Å². The fourth-order valence-corrected chi connectivity index (χ4v) is 1.82. The van der Waals surface area contributed by atoms with E-state index in [1.807, 2.05) is 0 Å². The highest BCUT2D eigenvalue weighted by Crippen LogP contribution is 2.29. The molecule has 0 saturated carbocycles. The first-order valence-corrected chi connectivity index (χ1v) is 5.90. The molecule has 0 saturated heterocycles. The fourth-order valence-electron chi connectivity index (χ4n) is 1.82. The molecule has 0 atom stereocenters. The van der Waals surface area contributed by atoms with Gasteiger partial charge in [-0.15, -0.1) is 0 Å². The molecule has 2 N–H and O–H groups in total. The summed E-state index contributed by atoms with van der Waals surface area (Å²) in [7, 11) is 0. The van der Waals surface area contributed by atoms with Gasteiger partial charge in [0.05, 0.1) is 11.9 Å². The van der Waals surface area contributed by atoms with Crippen LogP contribution in [0, 0.1) is 11.6 Å². The van der Waals surface area contributed by atoms with Crippen LogP contribution in [-0.4, -0.2) is 9.55 Å². The predicted octanol–water partition coefficient (Wildman–Crippen LogP) is 3.21. The highest BCUT2D eigenvalue weighted by Gasteiger charge is 2.17. The summed E-state index contributed by atoms with van der Waals surface area (Å²) >= 11 is 0. The van der Waals surface area contributed by atoms with E-state index in [9.17, 15) is 8.78 Å². The molecule has 0 bridgehead atoms. The summed E-state index contributed by atoms with van der Waals surface area (Å²) in [5.41, 5.74) is 5.89. The van der Waals surface area contributed by atoms with Gasteiger partial charge >= 0.3 is 0 Å². The Morgan fingerprint density at radius 1 is 1.28 bits per heavy atom. The summed E-state index contributed by atoms with van der Waals surface area (Å²) in [6.45, 7) is 2.76. The van der Waals surface area contributed by atoms with Crippen LogP contribution in [0.1, 0.15) is 19.8 Å². The molecule has 3 nitrogen and oxygen atoms in total. The number of hydrogen-bond acceptors (Lipinski definition) is 2. The van der Waals surface area contributed by atoms with Crippen LogP contribution in [0.2, 0.25) is 0 Å². The molecule has 5 heteroatoms. The average Bonchev–Trinajstić information content (AvgIpc) is 2.69. The molecule has 1 aromatic heterocycles. The number of anilines is 1. The van der Waals surface area contributed by atoms with Gasteiger partial charge in [0.25, 0.3) is 0 Å². The van der Waals surface area contributed by atoms with Gasteiger partial charge in [-0.3, -0.25) is 0 Å². The second-order valence-corrected chi connectivity index (χ2v) is 4.12. The maximum Gasteiger partial charge on any atom is 0.135 e. The molecule has 1 heterocycles. The number of unbranched alkanes of at least 4 members (excludes halogenated alkanes) is 1. The maximum atomic E-state index is 13.6. The molecule has 0 aliphatic rings. The topological polar surface area (TPSA) is 43.8 Å². The summed E-state index contributed by atoms with van der Waals surface area (Å²) in [5, 5.41) is 0. The maximum absolute atomic E-state index is 13.6. The number of nitrogen functional groups attached to an aromatic ring is 1. The lowest BCUT2D eigenvalue weighted by molar-refractivity contribution is 0.589. The number of nitrogens with two attached hydrogens (primary N) is 1. The fraction of sp³-hybridized carbons (Fsp3) is 0.308. The van der Waals surface area contributed by atoms with Gasteiger partial charge in [0.1, 0.15) is 23.1 Å². The van der Waals surface area contributed by atoms with Crippen molar-refractivity contribution in [3.05, 3.63) is 36.2 Å². The molecule has 0 fully saturated rings. The number of rotatable bonds is 4. The Balaban J connectivity index is 2.43. The minimum absolute atomic E-state index is 0.162. The number of aryl methyl sites for hydroxylation is 1. The van der Waals surface area contributed by atoms with Gasteiger partial charge in [0.15, 0.2) is 0 Å². The van der Waals surface area contributed by atoms with Crippen LogP contribution in [0.4, 0.5) is 14.6 Å². The summed E-state index contributed by atoms with van der Waals surface area (Å²) in [4.78, 5) is 4.02. The Hall–Kier alpha value is -1.91. The van der Waals surface area contributed by atoms with E-state index in [0.717, 1.165) is 12.8 Å². The minimum Gasteiger partial charge on any atom is -0.383 e. The highest BCUT2D eigenvalue weighted by molar-refractivity contribution is 5.71. The van der Waals surface area contributed by atoms with Gasteiger partial charge in [0, 0.05) is 6.54 Å². The molecule has 96 valence electrons. The van der Waals surface area contributed by atoms with Crippen LogP contribution in [0.5, 0.6) is 0 Å². The second-order valence-electron chi connectivity index (χ2n) is 4.12. The van der Waals surface area contributed by atoms with Crippen LogP contribution in [-0.2, 0) is 6.54 Å². The first kappa shape index (κ1) is 12.5. The van der Waals surface area contributed by atoms with Crippen molar-refractivity contribution in [3.63, 3.8) is 0 Å². The second kappa shape index (κ2) is 5.16. The molecule has 0 spiro atoms. The van der Waals surface area contributed by atoms with E-state index >= 15 is 0 Å². The third kappa shape index (κ3) is 2.20. The van der Waals surface area contributed by atoms with Crippen LogP contribution >= 0.6 is 0 Å². The lowest BCUT2D eigenvalue weighted by atomic mass is 10.1. The van der Waals surface area contributed by atoms with Crippen LogP contribution in [0.3, 0.4) is 0 Å². The SMILES string of the molecule is CCCCn1cnc(-c2c(F)cccc2F)c1N. The van der Waals surface area contributed by atoms with Crippen molar-refractivity contribution in [1.29, 1.82) is 0 Å². The molecule has 2 aromatic rings. The summed E-state index contributed by atoms with van der Waals surface area (Å²) in [5.74, 6) is -1.00. The zero-order chi connectivity index (χ0) is 13.1. The van der Waals surface area contributed by atoms with Crippen LogP contribution in [0.15, 0.2) is 24.5 Å². The molecule has 0 aliphatic carbocycles. The van der Waals surface area contributed by atoms with E-state index in [4.69, 9.17) is 5.73 Å². The number of hydrogen-bond donors (Lipinski definition) is 1. The monoisotopic (exact) mass is 251 g/mol. The molecule has 18 heavy (non-hydrogen) atoms. The average molecular weight is 251 g/mol. The molecular weight excluding hydrogens is 236 g/mol. The Kier molecular flexibility index (Phi) is 3.60. The lowest BCUT2D eigenvalue weighted by Crippen LogP contribution is -2.03. The predicted molar refractivity (Wildman–Crippen MR) is 66.9 cm³/mol. The summed E-state index contributed by atoms with van der Waals surface area (Å²) < 4.78 is 29.0. The van der Waals surface area contributed by atoms with Crippen LogP contribution < -0.4 is 5.73 Å². The standard InChI is InChI=1S/C13H15F2N3/c1-2-3-7-18-8-17-12(13(18)16)11-9(14)5-4-6-10(11)15/h4-6,8H,2-3,7,16H2,1H3.